The molecule has 0 aromatic rings. The van der Waals surface area contributed by atoms with E-state index in [9.17, 15) is 0 Å². The molecule has 0 rings (SSSR count). The van der Waals surface area contributed by atoms with Crippen LogP contribution in [0.25, 0.3) is 0 Å². The van der Waals surface area contributed by atoms with Crippen LogP contribution in [0, 0.1) is 0 Å². The van der Waals surface area contributed by atoms with Crippen LogP contribution in [-0.2, 0) is 0 Å². The summed E-state index contributed by atoms with van der Waals surface area (Å²) in [5.41, 5.74) is 0. The minimum absolute atomic E-state index is 0. The summed E-state index contributed by atoms with van der Waals surface area (Å²) >= 11 is 0. The van der Waals surface area contributed by atoms with Crippen molar-refractivity contribution in [3.8, 4) is 0 Å². The van der Waals surface area contributed by atoms with Crippen molar-refractivity contribution in [1.82, 2.24) is 0 Å². The van der Waals surface area contributed by atoms with Gasteiger partial charge in [-0.15, -0.1) is 8.58 Å². The largest absolute Gasteiger partial charge is 0.125 e. The molecule has 0 N–H and O–H groups in total. The van der Waals surface area contributed by atoms with Gasteiger partial charge in [0.1, 0.15) is 0 Å². The maximum absolute atomic E-state index is 2.27. The first-order valence-electron chi connectivity index (χ1n) is 3.06. The van der Waals surface area contributed by atoms with Gasteiger partial charge in [0, 0.05) is 1.43 Å². The summed E-state index contributed by atoms with van der Waals surface area (Å²) in [6, 6.07) is 0. The Bertz CT molecular complexity index is 27.7. The summed E-state index contributed by atoms with van der Waals surface area (Å²) in [5, 5.41) is 0. The minimum atomic E-state index is 0. The third-order valence-corrected chi connectivity index (χ3v) is 1.88. The second-order valence-corrected chi connectivity index (χ2v) is 3.02. The molecule has 0 fully saturated rings. The molecule has 0 nitrogen and oxygen atoms in total. The van der Waals surface area contributed by atoms with Gasteiger partial charge in [0.2, 0.25) is 0 Å². The monoisotopic (exact) mass is 120 g/mol. The second kappa shape index (κ2) is 6.43. The van der Waals surface area contributed by atoms with Crippen LogP contribution in [-0.4, -0.2) is 12.8 Å². The molecule has 0 amide bonds. The van der Waals surface area contributed by atoms with Crippen molar-refractivity contribution in [3.63, 3.8) is 0 Å². The summed E-state index contributed by atoms with van der Waals surface area (Å²) in [7, 11) is 1.17. The predicted octanol–water partition coefficient (Wildman–Crippen LogP) is 2.73. The molecule has 0 radical (unpaired) electrons. The van der Waals surface area contributed by atoms with Gasteiger partial charge < -0.3 is 0 Å². The van der Waals surface area contributed by atoms with Gasteiger partial charge in [-0.05, 0) is 19.2 Å². The zero-order chi connectivity index (χ0) is 5.54. The summed E-state index contributed by atoms with van der Waals surface area (Å²) in [4.78, 5) is 0. The molecular weight excluding hydrogens is 103 g/mol. The third-order valence-electron chi connectivity index (χ3n) is 1.03. The fourth-order valence-electron chi connectivity index (χ4n) is 0.552. The molecule has 0 aliphatic heterocycles. The van der Waals surface area contributed by atoms with Crippen LogP contribution in [0.2, 0.25) is 0 Å². The molecule has 1 heteroatoms. The number of hydrogen-bond acceptors (Lipinski definition) is 0. The zero-order valence-corrected chi connectivity index (χ0v) is 6.33. The van der Waals surface area contributed by atoms with Gasteiger partial charge >= 0.3 is 0 Å². The summed E-state index contributed by atoms with van der Waals surface area (Å²) in [6.07, 6.45) is 5.70. The highest BCUT2D eigenvalue weighted by Gasteiger charge is 1.79. The van der Waals surface area contributed by atoms with Crippen LogP contribution < -0.4 is 0 Å². The van der Waals surface area contributed by atoms with Crippen LogP contribution >= 0.6 is 8.58 Å². The zero-order valence-electron chi connectivity index (χ0n) is 5.33. The Morgan fingerprint density at radius 1 is 1.43 bits per heavy atom. The molecule has 0 bridgehead atoms. The third kappa shape index (κ3) is 6.43. The highest BCUT2D eigenvalue weighted by molar-refractivity contribution is 7.36. The fourth-order valence-corrected chi connectivity index (χ4v) is 1.16. The van der Waals surface area contributed by atoms with Crippen molar-refractivity contribution in [2.45, 2.75) is 26.2 Å². The smallest absolute Gasteiger partial charge is 0 e. The molecule has 0 saturated heterocycles. The van der Waals surface area contributed by atoms with Gasteiger partial charge in [0.05, 0.1) is 0 Å². The first-order chi connectivity index (χ1) is 3.41. The standard InChI is InChI=1S/C6H15P.H2/c1-3-4-5-6-7-2;/h7H,3-6H2,1-2H3;1H. The van der Waals surface area contributed by atoms with Gasteiger partial charge in [-0.1, -0.05) is 19.8 Å². The highest BCUT2D eigenvalue weighted by Crippen LogP contribution is 2.06. The van der Waals surface area contributed by atoms with Crippen molar-refractivity contribution in [2.75, 3.05) is 12.8 Å². The Morgan fingerprint density at radius 3 is 2.57 bits per heavy atom. The topological polar surface area (TPSA) is 0 Å². The molecule has 46 valence electrons. The maximum Gasteiger partial charge on any atom is 0 e. The van der Waals surface area contributed by atoms with Crippen molar-refractivity contribution in [1.29, 1.82) is 0 Å². The fraction of sp³-hybridized carbons (Fsp3) is 1.00. The molecule has 1 atom stereocenters. The van der Waals surface area contributed by atoms with Gasteiger partial charge in [0.25, 0.3) is 0 Å². The lowest BCUT2D eigenvalue weighted by Gasteiger charge is -1.91. The van der Waals surface area contributed by atoms with E-state index in [1.165, 1.54) is 34.0 Å². The van der Waals surface area contributed by atoms with E-state index < -0.39 is 0 Å². The second-order valence-electron chi connectivity index (χ2n) is 1.81. The van der Waals surface area contributed by atoms with Crippen LogP contribution in [0.1, 0.15) is 27.6 Å². The van der Waals surface area contributed by atoms with Crippen LogP contribution in [0.4, 0.5) is 0 Å². The summed E-state index contributed by atoms with van der Waals surface area (Å²) < 4.78 is 0. The van der Waals surface area contributed by atoms with Gasteiger partial charge in [0.15, 0.2) is 0 Å². The molecule has 1 unspecified atom stereocenters. The first-order valence-corrected chi connectivity index (χ1v) is 4.77. The predicted molar refractivity (Wildman–Crippen MR) is 40.7 cm³/mol. The Hall–Kier alpha value is 0.430. The molecule has 7 heavy (non-hydrogen) atoms. The molecule has 0 saturated carbocycles. The SMILES string of the molecule is CCCCCPC.[HH]. The van der Waals surface area contributed by atoms with E-state index in [2.05, 4.69) is 13.6 Å². The average molecular weight is 120 g/mol. The Morgan fingerprint density at radius 2 is 2.14 bits per heavy atom. The van der Waals surface area contributed by atoms with Gasteiger partial charge in [-0.25, -0.2) is 0 Å². The highest BCUT2D eigenvalue weighted by atomic mass is 31.1. The quantitative estimate of drug-likeness (QED) is 0.395. The lowest BCUT2D eigenvalue weighted by molar-refractivity contribution is 0.777. The molecule has 0 spiro atoms. The molecule has 0 aliphatic rings. The molecule has 0 heterocycles. The number of hydrogen-bond donors (Lipinski definition) is 0. The summed E-state index contributed by atoms with van der Waals surface area (Å²) in [6.45, 7) is 4.52. The van der Waals surface area contributed by atoms with E-state index in [1.807, 2.05) is 0 Å². The van der Waals surface area contributed by atoms with Gasteiger partial charge in [-0.2, -0.15) is 0 Å². The Kier molecular flexibility index (Phi) is 6.82. The number of unbranched alkanes of at least 4 members (excludes halogenated alkanes) is 2. The maximum atomic E-state index is 2.27. The van der Waals surface area contributed by atoms with Crippen LogP contribution in [0.5, 0.6) is 0 Å². The number of rotatable bonds is 4. The Balaban J connectivity index is 0. The molecule has 0 aromatic carbocycles. The van der Waals surface area contributed by atoms with Gasteiger partial charge in [-0.3, -0.25) is 0 Å². The van der Waals surface area contributed by atoms with E-state index in [0.717, 1.165) is 0 Å². The molecule has 0 aliphatic carbocycles. The first kappa shape index (κ1) is 7.43. The van der Waals surface area contributed by atoms with Crippen molar-refractivity contribution in [3.05, 3.63) is 0 Å². The van der Waals surface area contributed by atoms with Crippen molar-refractivity contribution in [2.24, 2.45) is 0 Å². The minimum Gasteiger partial charge on any atom is -0.125 e. The van der Waals surface area contributed by atoms with E-state index in [1.54, 1.807) is 0 Å². The van der Waals surface area contributed by atoms with Crippen LogP contribution in [0.3, 0.4) is 0 Å². The van der Waals surface area contributed by atoms with Crippen LogP contribution in [0.15, 0.2) is 0 Å². The lowest BCUT2D eigenvalue weighted by Crippen LogP contribution is -1.73. The van der Waals surface area contributed by atoms with E-state index in [0.29, 0.717) is 0 Å². The Labute approximate surface area is 50.0 Å². The molecule has 0 aromatic heterocycles. The van der Waals surface area contributed by atoms with E-state index in [4.69, 9.17) is 0 Å². The van der Waals surface area contributed by atoms with E-state index in [-0.39, 0.29) is 1.43 Å². The van der Waals surface area contributed by atoms with Crippen molar-refractivity contribution >= 4 is 8.58 Å². The van der Waals surface area contributed by atoms with Crippen molar-refractivity contribution < 1.29 is 1.43 Å². The summed E-state index contributed by atoms with van der Waals surface area (Å²) in [5.74, 6) is 0. The van der Waals surface area contributed by atoms with E-state index >= 15 is 0 Å². The molecular formula is C6H17P. The average Bonchev–Trinajstić information content (AvgIpc) is 1.69. The normalized spacial score (nSPS) is 11.1. The lowest BCUT2D eigenvalue weighted by atomic mass is 10.3.